The fourth-order valence-electron chi connectivity index (χ4n) is 5.77. The monoisotopic (exact) mass is 989 g/mol. The molecule has 5 heterocycles. The number of carbonyl (C=O) groups is 2. The van der Waals surface area contributed by atoms with Gasteiger partial charge in [0.1, 0.15) is 54.3 Å². The second-order valence-electron chi connectivity index (χ2n) is 15.8. The Morgan fingerprint density at radius 3 is 2.32 bits per heavy atom. The zero-order valence-corrected chi connectivity index (χ0v) is 39.4. The number of fused-ring (bicyclic) bond motifs is 1. The summed E-state index contributed by atoms with van der Waals surface area (Å²) < 4.78 is 60.1. The summed E-state index contributed by atoms with van der Waals surface area (Å²) in [4.78, 5) is 86.9. The molecule has 2 saturated heterocycles. The lowest BCUT2D eigenvalue weighted by Crippen LogP contribution is -2.47. The van der Waals surface area contributed by atoms with Crippen molar-refractivity contribution in [3.63, 3.8) is 0 Å². The molecule has 2 aliphatic heterocycles. The molecule has 1 amide bonds. The van der Waals surface area contributed by atoms with E-state index in [0.717, 1.165) is 21.7 Å². The number of hydrogen-bond acceptors (Lipinski definition) is 22. The van der Waals surface area contributed by atoms with Gasteiger partial charge in [0.15, 0.2) is 23.8 Å². The zero-order chi connectivity index (χ0) is 45.9. The number of hydrogen-bond donors (Lipinski definition) is 6. The van der Waals surface area contributed by atoms with Crippen molar-refractivity contribution in [3.05, 3.63) is 35.4 Å². The smallest absolute Gasteiger partial charge is 0.455 e. The van der Waals surface area contributed by atoms with Gasteiger partial charge in [0.2, 0.25) is 0 Å². The van der Waals surface area contributed by atoms with E-state index in [1.54, 1.807) is 0 Å². The number of carbonyl (C=O) groups excluding carboxylic acids is 2. The SMILES string of the molecule is CN(C(=O)SSC(C)(C)C)C(CSSC(C)(C)C)C(=O)O[C@H]1[C@@H](O)[C@H](n2cnc3c(N)ncnc32)O[C@@H]1COP(=O)(O)O[C@H]1C[C@H](n2ccc(N)nc2=O)O[C@@H]1COP(=O)(O)O. The van der Waals surface area contributed by atoms with Crippen molar-refractivity contribution in [2.24, 2.45) is 0 Å². The van der Waals surface area contributed by atoms with Gasteiger partial charge in [-0.3, -0.25) is 27.5 Å². The van der Waals surface area contributed by atoms with E-state index in [4.69, 9.17) is 34.7 Å². The molecule has 62 heavy (non-hydrogen) atoms. The van der Waals surface area contributed by atoms with Crippen LogP contribution in [0.2, 0.25) is 0 Å². The van der Waals surface area contributed by atoms with Gasteiger partial charge in [-0.1, -0.05) is 73.9 Å². The van der Waals surface area contributed by atoms with Gasteiger partial charge < -0.3 is 50.4 Å². The molecule has 0 aromatic carbocycles. The molecule has 8 N–H and O–H groups in total. The summed E-state index contributed by atoms with van der Waals surface area (Å²) in [6.07, 6.45) is -7.01. The molecule has 0 spiro atoms. The summed E-state index contributed by atoms with van der Waals surface area (Å²) in [6, 6.07) is 0.108. The molecule has 0 aliphatic carbocycles. The van der Waals surface area contributed by atoms with Gasteiger partial charge in [-0.2, -0.15) is 4.98 Å². The van der Waals surface area contributed by atoms with Crippen LogP contribution in [0.5, 0.6) is 0 Å². The first kappa shape index (κ1) is 50.5. The third-order valence-corrected chi connectivity index (χ3v) is 16.6. The van der Waals surface area contributed by atoms with Crippen molar-refractivity contribution in [2.75, 3.05) is 37.5 Å². The van der Waals surface area contributed by atoms with Gasteiger partial charge in [0.25, 0.3) is 5.24 Å². The minimum Gasteiger partial charge on any atom is -0.455 e. The van der Waals surface area contributed by atoms with E-state index < -0.39 is 94.8 Å². The molecule has 0 bridgehead atoms. The molecule has 0 saturated carbocycles. The highest BCUT2D eigenvalue weighted by Crippen LogP contribution is 2.50. The Kier molecular flexibility index (Phi) is 16.5. The minimum atomic E-state index is -5.21. The number of amides is 1. The Hall–Kier alpha value is -2.53. The van der Waals surface area contributed by atoms with Crippen LogP contribution in [0.25, 0.3) is 11.2 Å². The summed E-state index contributed by atoms with van der Waals surface area (Å²) in [7, 11) is -3.76. The van der Waals surface area contributed by atoms with Crippen LogP contribution in [-0.2, 0) is 41.7 Å². The molecule has 30 heteroatoms. The van der Waals surface area contributed by atoms with Crippen LogP contribution in [0.15, 0.2) is 29.7 Å². The molecule has 3 aromatic rings. The maximum Gasteiger partial charge on any atom is 0.472 e. The van der Waals surface area contributed by atoms with Crippen molar-refractivity contribution in [2.45, 2.75) is 106 Å². The van der Waals surface area contributed by atoms with E-state index in [-0.39, 0.29) is 44.5 Å². The van der Waals surface area contributed by atoms with Gasteiger partial charge in [-0.25, -0.2) is 33.7 Å². The second-order valence-corrected chi connectivity index (χ2v) is 24.5. The molecule has 5 rings (SSSR count). The summed E-state index contributed by atoms with van der Waals surface area (Å²) in [5.41, 5.74) is 11.0. The Bertz CT molecular complexity index is 2230. The number of ether oxygens (including phenoxy) is 3. The lowest BCUT2D eigenvalue weighted by atomic mass is 10.1. The Labute approximate surface area is 370 Å². The number of nitrogens with two attached hydrogens (primary N) is 2. The number of esters is 1. The minimum absolute atomic E-state index is 0.0197. The highest BCUT2D eigenvalue weighted by atomic mass is 33.1. The molecular weight excluding hydrogens is 941 g/mol. The van der Waals surface area contributed by atoms with Crippen molar-refractivity contribution < 1.29 is 66.3 Å². The third-order valence-electron chi connectivity index (χ3n) is 8.57. The first-order valence-corrected chi connectivity index (χ1v) is 26.0. The quantitative estimate of drug-likeness (QED) is 0.0643. The maximum atomic E-state index is 14.2. The number of nitrogens with zero attached hydrogens (tertiary/aromatic N) is 7. The van der Waals surface area contributed by atoms with E-state index in [9.17, 15) is 43.3 Å². The average Bonchev–Trinajstić information content (AvgIpc) is 3.85. The van der Waals surface area contributed by atoms with Gasteiger partial charge >= 0.3 is 27.3 Å². The fourth-order valence-corrected chi connectivity index (χ4v) is 11.5. The Balaban J connectivity index is 1.39. The van der Waals surface area contributed by atoms with Crippen LogP contribution in [-0.4, -0.2) is 137 Å². The van der Waals surface area contributed by atoms with E-state index in [1.165, 1.54) is 67.5 Å². The molecule has 0 radical (unpaired) electrons. The van der Waals surface area contributed by atoms with Crippen LogP contribution in [0, 0.1) is 0 Å². The lowest BCUT2D eigenvalue weighted by molar-refractivity contribution is -0.160. The Morgan fingerprint density at radius 1 is 1.00 bits per heavy atom. The van der Waals surface area contributed by atoms with Crippen molar-refractivity contribution >= 4 is 92.8 Å². The fraction of sp³-hybridized carbons (Fsp3) is 0.656. The van der Waals surface area contributed by atoms with Gasteiger partial charge in [0, 0.05) is 45.7 Å². The van der Waals surface area contributed by atoms with Gasteiger partial charge in [-0.15, -0.1) is 0 Å². The number of aliphatic hydroxyl groups excluding tert-OH is 1. The number of nitrogen functional groups attached to an aromatic ring is 2. The van der Waals surface area contributed by atoms with E-state index in [1.807, 2.05) is 41.5 Å². The van der Waals surface area contributed by atoms with Crippen LogP contribution < -0.4 is 17.2 Å². The number of likely N-dealkylation sites (N-methyl/N-ethyl adjacent to an activating group) is 1. The molecule has 24 nitrogen and oxygen atoms in total. The van der Waals surface area contributed by atoms with Gasteiger partial charge in [0.05, 0.1) is 19.5 Å². The van der Waals surface area contributed by atoms with Crippen molar-refractivity contribution in [3.8, 4) is 0 Å². The average molecular weight is 990 g/mol. The number of aliphatic hydroxyl groups is 1. The standard InChI is InChI=1S/C32H49N9O15P2S4/c1-31(2,3)61-59-13-16(39(7)30(45)60-62-32(4,5)6)28(43)55-24-19(54-27(23(24)42)41-15-37-22-25(34)35-14-36-26(22)41)12-52-58(49,50)56-17-10-21(40-9-8-20(33)38-29(40)44)53-18(17)11-51-57(46,47)48/h8-9,14-19,21,23-24,27,42H,10-13H2,1-7H3,(H,49,50)(H2,33,38,44)(H2,34,35,36)(H2,46,47,48)/t16?,17-,18+,19+,21+,23+,24+,27+/m0/s1. The van der Waals surface area contributed by atoms with E-state index >= 15 is 0 Å². The predicted octanol–water partition coefficient (Wildman–Crippen LogP) is 3.10. The third kappa shape index (κ3) is 13.7. The topological polar surface area (TPSA) is 338 Å². The highest BCUT2D eigenvalue weighted by Gasteiger charge is 2.50. The lowest BCUT2D eigenvalue weighted by Gasteiger charge is -2.30. The predicted molar refractivity (Wildman–Crippen MR) is 231 cm³/mol. The van der Waals surface area contributed by atoms with Crippen LogP contribution in [0.4, 0.5) is 16.4 Å². The normalized spacial score (nSPS) is 24.9. The van der Waals surface area contributed by atoms with Crippen LogP contribution >= 0.6 is 58.8 Å². The van der Waals surface area contributed by atoms with Crippen molar-refractivity contribution in [1.82, 2.24) is 34.0 Å². The second kappa shape index (κ2) is 20.3. The number of rotatable bonds is 17. The van der Waals surface area contributed by atoms with E-state index in [2.05, 4.69) is 24.5 Å². The zero-order valence-electron chi connectivity index (χ0n) is 34.3. The van der Waals surface area contributed by atoms with E-state index in [0.29, 0.717) is 0 Å². The van der Waals surface area contributed by atoms with Crippen molar-refractivity contribution in [1.29, 1.82) is 0 Å². The number of phosphoric acid groups is 2. The molecule has 9 atom stereocenters. The number of anilines is 2. The summed E-state index contributed by atoms with van der Waals surface area (Å²) in [5, 5.41) is 11.3. The van der Waals surface area contributed by atoms with Crippen LogP contribution in [0.1, 0.15) is 60.4 Å². The van der Waals surface area contributed by atoms with Gasteiger partial charge in [-0.05, 0) is 6.07 Å². The molecule has 346 valence electrons. The Morgan fingerprint density at radius 2 is 1.68 bits per heavy atom. The number of imidazole rings is 1. The number of phosphoric ester groups is 2. The molecule has 3 aromatic heterocycles. The first-order valence-electron chi connectivity index (χ1n) is 18.5. The highest BCUT2D eigenvalue weighted by molar-refractivity contribution is 8.82. The molecule has 2 unspecified atom stereocenters. The first-order chi connectivity index (χ1) is 28.7. The molecule has 2 aliphatic rings. The maximum absolute atomic E-state index is 14.2. The summed E-state index contributed by atoms with van der Waals surface area (Å²) in [6.45, 7) is 10.0. The van der Waals surface area contributed by atoms with Crippen LogP contribution in [0.3, 0.4) is 0 Å². The molecular formula is C32H49N9O15P2S4. The number of aromatic nitrogens is 6. The molecule has 2 fully saturated rings. The summed E-state index contributed by atoms with van der Waals surface area (Å²) >= 11 is 0. The summed E-state index contributed by atoms with van der Waals surface area (Å²) in [5.74, 6) is -0.927. The largest absolute Gasteiger partial charge is 0.472 e.